The van der Waals surface area contributed by atoms with E-state index < -0.39 is 0 Å². The molecule has 0 radical (unpaired) electrons. The Hall–Kier alpha value is -3.08. The number of nitrogens with zero attached hydrogens (tertiary/aromatic N) is 2. The topological polar surface area (TPSA) is 55.6 Å². The second kappa shape index (κ2) is 8.52. The van der Waals surface area contributed by atoms with Gasteiger partial charge in [-0.05, 0) is 62.9 Å². The van der Waals surface area contributed by atoms with Crippen molar-refractivity contribution in [1.82, 2.24) is 10.1 Å². The third-order valence-electron chi connectivity index (χ3n) is 5.62. The van der Waals surface area contributed by atoms with Crippen LogP contribution in [0.25, 0.3) is 0 Å². The van der Waals surface area contributed by atoms with Crippen molar-refractivity contribution in [2.24, 2.45) is 0 Å². The molecule has 1 amide bonds. The van der Waals surface area contributed by atoms with Gasteiger partial charge in [-0.15, -0.1) is 0 Å². The summed E-state index contributed by atoms with van der Waals surface area (Å²) in [5.41, 5.74) is 3.79. The van der Waals surface area contributed by atoms with Gasteiger partial charge in [0.15, 0.2) is 0 Å². The van der Waals surface area contributed by atoms with Gasteiger partial charge in [-0.1, -0.05) is 35.5 Å². The van der Waals surface area contributed by atoms with Crippen LogP contribution in [-0.4, -0.2) is 28.6 Å². The van der Waals surface area contributed by atoms with Crippen LogP contribution in [0.2, 0.25) is 0 Å². The van der Waals surface area contributed by atoms with E-state index in [0.29, 0.717) is 12.2 Å². The number of hydrogen-bond donors (Lipinski definition) is 0. The molecule has 1 aliphatic heterocycles. The van der Waals surface area contributed by atoms with Crippen LogP contribution in [0.15, 0.2) is 59.1 Å². The average molecular weight is 390 g/mol. The molecule has 1 saturated heterocycles. The molecular formula is C24H26N2O3. The van der Waals surface area contributed by atoms with Gasteiger partial charge in [0.2, 0.25) is 0 Å². The molecule has 1 aliphatic rings. The number of likely N-dealkylation sites (tertiary alicyclic amines) is 1. The molecule has 29 heavy (non-hydrogen) atoms. The Kier molecular flexibility index (Phi) is 5.65. The van der Waals surface area contributed by atoms with Crippen LogP contribution >= 0.6 is 0 Å². The van der Waals surface area contributed by atoms with E-state index >= 15 is 0 Å². The Labute approximate surface area is 171 Å². The molecule has 2 aromatic carbocycles. The minimum Gasteiger partial charge on any atom is -0.489 e. The van der Waals surface area contributed by atoms with E-state index in [1.54, 1.807) is 0 Å². The predicted molar refractivity (Wildman–Crippen MR) is 111 cm³/mol. The lowest BCUT2D eigenvalue weighted by atomic mass is 10.0. The van der Waals surface area contributed by atoms with Crippen LogP contribution < -0.4 is 4.74 Å². The van der Waals surface area contributed by atoms with Crippen molar-refractivity contribution in [3.8, 4) is 5.75 Å². The molecule has 1 fully saturated rings. The molecule has 0 N–H and O–H groups in total. The summed E-state index contributed by atoms with van der Waals surface area (Å²) in [4.78, 5) is 15.1. The van der Waals surface area contributed by atoms with Gasteiger partial charge in [0.1, 0.15) is 18.1 Å². The number of carbonyl (C=O) groups excluding carboxylic acids is 1. The van der Waals surface area contributed by atoms with Gasteiger partial charge in [0.05, 0.1) is 11.3 Å². The monoisotopic (exact) mass is 390 g/mol. The quantitative estimate of drug-likeness (QED) is 0.611. The van der Waals surface area contributed by atoms with Crippen molar-refractivity contribution in [1.29, 1.82) is 0 Å². The second-order valence-electron chi connectivity index (χ2n) is 7.60. The molecule has 1 aromatic heterocycles. The molecule has 3 aromatic rings. The Morgan fingerprint density at radius 1 is 1.14 bits per heavy atom. The van der Waals surface area contributed by atoms with E-state index in [1.165, 1.54) is 5.56 Å². The fourth-order valence-electron chi connectivity index (χ4n) is 3.92. The van der Waals surface area contributed by atoms with Gasteiger partial charge in [0.25, 0.3) is 5.91 Å². The van der Waals surface area contributed by atoms with E-state index in [4.69, 9.17) is 9.26 Å². The van der Waals surface area contributed by atoms with Crippen LogP contribution in [0.5, 0.6) is 5.75 Å². The summed E-state index contributed by atoms with van der Waals surface area (Å²) >= 11 is 0. The molecule has 1 atom stereocenters. The maximum Gasteiger partial charge on any atom is 0.254 e. The Bertz CT molecular complexity index is 944. The zero-order chi connectivity index (χ0) is 20.2. The van der Waals surface area contributed by atoms with Gasteiger partial charge in [0, 0.05) is 18.2 Å². The van der Waals surface area contributed by atoms with Crippen LogP contribution in [0.1, 0.15) is 45.8 Å². The number of rotatable bonds is 6. The molecule has 0 aliphatic carbocycles. The lowest BCUT2D eigenvalue weighted by Gasteiger charge is -2.25. The summed E-state index contributed by atoms with van der Waals surface area (Å²) in [5.74, 6) is 1.59. The van der Waals surface area contributed by atoms with Crippen LogP contribution in [-0.2, 0) is 13.0 Å². The number of amides is 1. The molecule has 5 heteroatoms. The first-order valence-corrected chi connectivity index (χ1v) is 10.1. The molecule has 1 unspecified atom stereocenters. The van der Waals surface area contributed by atoms with Crippen molar-refractivity contribution in [3.63, 3.8) is 0 Å². The molecule has 4 rings (SSSR count). The van der Waals surface area contributed by atoms with E-state index in [9.17, 15) is 4.79 Å². The zero-order valence-electron chi connectivity index (χ0n) is 16.9. The number of aryl methyl sites for hydroxylation is 2. The third-order valence-corrected chi connectivity index (χ3v) is 5.62. The summed E-state index contributed by atoms with van der Waals surface area (Å²) in [6.07, 6.45) is 3.02. The summed E-state index contributed by atoms with van der Waals surface area (Å²) in [6.45, 7) is 5.00. The maximum atomic E-state index is 13.1. The third kappa shape index (κ3) is 4.34. The fourth-order valence-corrected chi connectivity index (χ4v) is 3.92. The van der Waals surface area contributed by atoms with Crippen molar-refractivity contribution >= 4 is 5.91 Å². The first kappa shape index (κ1) is 19.2. The van der Waals surface area contributed by atoms with Crippen LogP contribution in [0, 0.1) is 13.8 Å². The minimum atomic E-state index is 0.0979. The molecular weight excluding hydrogens is 364 g/mol. The number of aromatic nitrogens is 1. The molecule has 5 nitrogen and oxygen atoms in total. The number of ether oxygens (including phenoxy) is 1. The number of hydrogen-bond acceptors (Lipinski definition) is 4. The summed E-state index contributed by atoms with van der Waals surface area (Å²) in [6, 6.07) is 18.1. The van der Waals surface area contributed by atoms with E-state index in [2.05, 4.69) is 29.4 Å². The van der Waals surface area contributed by atoms with Crippen LogP contribution in [0.4, 0.5) is 0 Å². The predicted octanol–water partition coefficient (Wildman–Crippen LogP) is 4.72. The van der Waals surface area contributed by atoms with Gasteiger partial charge < -0.3 is 14.2 Å². The SMILES string of the molecule is Cc1noc(C)c1COc1ccc(C(=O)N2CCCC2Cc2ccccc2)cc1. The molecule has 2 heterocycles. The van der Waals surface area contributed by atoms with Crippen LogP contribution in [0.3, 0.4) is 0 Å². The summed E-state index contributed by atoms with van der Waals surface area (Å²) in [7, 11) is 0. The van der Waals surface area contributed by atoms with Gasteiger partial charge in [-0.3, -0.25) is 4.79 Å². The highest BCUT2D eigenvalue weighted by molar-refractivity contribution is 5.94. The first-order chi connectivity index (χ1) is 14.1. The van der Waals surface area contributed by atoms with Crippen molar-refractivity contribution in [3.05, 3.63) is 82.7 Å². The Morgan fingerprint density at radius 3 is 2.59 bits per heavy atom. The largest absolute Gasteiger partial charge is 0.489 e. The molecule has 0 saturated carbocycles. The molecule has 0 spiro atoms. The standard InChI is InChI=1S/C24H26N2O3/c1-17-23(18(2)29-25-17)16-28-22-12-10-20(11-13-22)24(27)26-14-6-9-21(26)15-19-7-4-3-5-8-19/h3-5,7-8,10-13,21H,6,9,14-16H2,1-2H3. The van der Waals surface area contributed by atoms with Gasteiger partial charge in [-0.2, -0.15) is 0 Å². The fraction of sp³-hybridized carbons (Fsp3) is 0.333. The lowest BCUT2D eigenvalue weighted by Crippen LogP contribution is -2.36. The summed E-state index contributed by atoms with van der Waals surface area (Å²) in [5, 5.41) is 3.94. The Balaban J connectivity index is 1.39. The maximum absolute atomic E-state index is 13.1. The molecule has 0 bridgehead atoms. The average Bonchev–Trinajstić information content (AvgIpc) is 3.33. The highest BCUT2D eigenvalue weighted by atomic mass is 16.5. The Morgan fingerprint density at radius 2 is 1.90 bits per heavy atom. The van der Waals surface area contributed by atoms with E-state index in [0.717, 1.165) is 48.6 Å². The van der Waals surface area contributed by atoms with E-state index in [1.807, 2.05) is 49.1 Å². The first-order valence-electron chi connectivity index (χ1n) is 10.1. The second-order valence-corrected chi connectivity index (χ2v) is 7.60. The van der Waals surface area contributed by atoms with Crippen molar-refractivity contribution < 1.29 is 14.1 Å². The number of benzene rings is 2. The van der Waals surface area contributed by atoms with Gasteiger partial charge in [-0.25, -0.2) is 0 Å². The normalized spacial score (nSPS) is 16.2. The van der Waals surface area contributed by atoms with Crippen molar-refractivity contribution in [2.75, 3.05) is 6.54 Å². The lowest BCUT2D eigenvalue weighted by molar-refractivity contribution is 0.0736. The highest BCUT2D eigenvalue weighted by Crippen LogP contribution is 2.24. The number of carbonyl (C=O) groups is 1. The van der Waals surface area contributed by atoms with E-state index in [-0.39, 0.29) is 11.9 Å². The minimum absolute atomic E-state index is 0.0979. The highest BCUT2D eigenvalue weighted by Gasteiger charge is 2.29. The smallest absolute Gasteiger partial charge is 0.254 e. The summed E-state index contributed by atoms with van der Waals surface area (Å²) < 4.78 is 11.0. The van der Waals surface area contributed by atoms with Crippen molar-refractivity contribution in [2.45, 2.75) is 45.8 Å². The molecule has 150 valence electrons. The van der Waals surface area contributed by atoms with Gasteiger partial charge >= 0.3 is 0 Å². The zero-order valence-corrected chi connectivity index (χ0v) is 16.9.